The second kappa shape index (κ2) is 6.98. The number of rotatable bonds is 3. The minimum absolute atomic E-state index is 0.0476. The van der Waals surface area contributed by atoms with Crippen LogP contribution in [0.3, 0.4) is 0 Å². The smallest absolute Gasteiger partial charge is 0.365 e. The summed E-state index contributed by atoms with van der Waals surface area (Å²) in [7, 11) is 0. The van der Waals surface area contributed by atoms with Gasteiger partial charge in [0.25, 0.3) is 5.91 Å². The molecule has 0 aliphatic rings. The summed E-state index contributed by atoms with van der Waals surface area (Å²) >= 11 is 0. The third kappa shape index (κ3) is 3.10. The van der Waals surface area contributed by atoms with E-state index < -0.39 is 40.4 Å². The quantitative estimate of drug-likeness (QED) is 0.402. The van der Waals surface area contributed by atoms with Crippen LogP contribution in [0.25, 0.3) is 33.2 Å². The van der Waals surface area contributed by atoms with Gasteiger partial charge in [0.15, 0.2) is 5.82 Å². The predicted molar refractivity (Wildman–Crippen MR) is 103 cm³/mol. The molecule has 152 valence electrons. The SMILES string of the molecule is NC(=O)c1c(F)c(C(F)(F)F)c(F)c(-c2ccc3[nH]ccc3c2)c1-c1ccccc1. The Labute approximate surface area is 166 Å². The molecule has 3 nitrogen and oxygen atoms in total. The fraction of sp³-hybridized carbons (Fsp3) is 0.0455. The lowest BCUT2D eigenvalue weighted by molar-refractivity contribution is -0.142. The third-order valence-corrected chi connectivity index (χ3v) is 4.81. The van der Waals surface area contributed by atoms with E-state index in [2.05, 4.69) is 4.98 Å². The minimum Gasteiger partial charge on any atom is -0.365 e. The second-order valence-corrected chi connectivity index (χ2v) is 6.64. The zero-order valence-electron chi connectivity index (χ0n) is 15.1. The zero-order valence-corrected chi connectivity index (χ0v) is 15.1. The summed E-state index contributed by atoms with van der Waals surface area (Å²) < 4.78 is 70.8. The lowest BCUT2D eigenvalue weighted by atomic mass is 9.86. The van der Waals surface area contributed by atoms with Crippen LogP contribution in [0.5, 0.6) is 0 Å². The molecule has 0 aliphatic heterocycles. The molecule has 0 saturated carbocycles. The lowest BCUT2D eigenvalue weighted by Crippen LogP contribution is -2.22. The van der Waals surface area contributed by atoms with Crippen molar-refractivity contribution in [2.75, 3.05) is 0 Å². The van der Waals surface area contributed by atoms with E-state index in [1.54, 1.807) is 24.4 Å². The summed E-state index contributed by atoms with van der Waals surface area (Å²) in [4.78, 5) is 15.0. The first-order chi connectivity index (χ1) is 14.2. The number of carbonyl (C=O) groups is 1. The molecule has 1 heterocycles. The third-order valence-electron chi connectivity index (χ3n) is 4.81. The van der Waals surface area contributed by atoms with Gasteiger partial charge >= 0.3 is 6.18 Å². The van der Waals surface area contributed by atoms with Crippen LogP contribution in [0.1, 0.15) is 15.9 Å². The van der Waals surface area contributed by atoms with E-state index in [9.17, 15) is 22.4 Å². The number of amides is 1. The minimum atomic E-state index is -5.37. The van der Waals surface area contributed by atoms with Crippen molar-refractivity contribution in [3.63, 3.8) is 0 Å². The molecule has 0 fully saturated rings. The first-order valence-electron chi connectivity index (χ1n) is 8.75. The molecule has 0 bridgehead atoms. The summed E-state index contributed by atoms with van der Waals surface area (Å²) in [6.07, 6.45) is -3.76. The number of halogens is 5. The fourth-order valence-corrected chi connectivity index (χ4v) is 3.54. The molecule has 4 aromatic rings. The number of aromatic nitrogens is 1. The van der Waals surface area contributed by atoms with Crippen molar-refractivity contribution >= 4 is 16.8 Å². The van der Waals surface area contributed by atoms with Crippen molar-refractivity contribution in [2.45, 2.75) is 6.18 Å². The Morgan fingerprint density at radius 2 is 1.57 bits per heavy atom. The highest BCUT2D eigenvalue weighted by Gasteiger charge is 2.42. The number of nitrogens with one attached hydrogen (secondary N) is 1. The number of aromatic amines is 1. The van der Waals surface area contributed by atoms with Gasteiger partial charge in [-0.2, -0.15) is 13.2 Å². The molecule has 0 radical (unpaired) electrons. The molecular weight excluding hydrogens is 403 g/mol. The molecule has 3 aromatic carbocycles. The van der Waals surface area contributed by atoms with Crippen LogP contribution in [-0.4, -0.2) is 10.9 Å². The van der Waals surface area contributed by atoms with Crippen molar-refractivity contribution < 1.29 is 26.7 Å². The molecule has 1 amide bonds. The molecule has 0 atom stereocenters. The molecule has 0 unspecified atom stereocenters. The number of H-pyrrole nitrogens is 1. The van der Waals surface area contributed by atoms with Gasteiger partial charge in [0, 0.05) is 22.8 Å². The van der Waals surface area contributed by atoms with Gasteiger partial charge in [0.2, 0.25) is 0 Å². The van der Waals surface area contributed by atoms with Gasteiger partial charge < -0.3 is 10.7 Å². The van der Waals surface area contributed by atoms with Crippen LogP contribution >= 0.6 is 0 Å². The number of hydrogen-bond acceptors (Lipinski definition) is 1. The highest BCUT2D eigenvalue weighted by Crippen LogP contribution is 2.45. The van der Waals surface area contributed by atoms with Crippen molar-refractivity contribution in [2.24, 2.45) is 5.73 Å². The maximum atomic E-state index is 15.3. The summed E-state index contributed by atoms with van der Waals surface area (Å²) in [6, 6.07) is 13.6. The van der Waals surface area contributed by atoms with Crippen LogP contribution in [0, 0.1) is 11.6 Å². The number of benzene rings is 3. The number of fused-ring (bicyclic) bond motifs is 1. The van der Waals surface area contributed by atoms with E-state index in [1.807, 2.05) is 0 Å². The van der Waals surface area contributed by atoms with Crippen molar-refractivity contribution in [3.8, 4) is 22.3 Å². The Balaban J connectivity index is 2.21. The molecule has 0 aliphatic carbocycles. The molecule has 3 N–H and O–H groups in total. The summed E-state index contributed by atoms with van der Waals surface area (Å²) in [6.45, 7) is 0. The molecule has 0 saturated heterocycles. The molecule has 1 aromatic heterocycles. The van der Waals surface area contributed by atoms with Crippen molar-refractivity contribution in [1.29, 1.82) is 0 Å². The summed E-state index contributed by atoms with van der Waals surface area (Å²) in [5, 5.41) is 0.601. The van der Waals surface area contributed by atoms with Gasteiger partial charge in [-0.05, 0) is 34.7 Å². The highest BCUT2D eigenvalue weighted by molar-refractivity contribution is 6.05. The number of nitrogens with two attached hydrogens (primary N) is 1. The largest absolute Gasteiger partial charge is 0.422 e. The Morgan fingerprint density at radius 1 is 0.867 bits per heavy atom. The number of alkyl halides is 3. The van der Waals surface area contributed by atoms with Crippen LogP contribution in [0.15, 0.2) is 60.8 Å². The monoisotopic (exact) mass is 416 g/mol. The van der Waals surface area contributed by atoms with Gasteiger partial charge in [0.1, 0.15) is 11.4 Å². The van der Waals surface area contributed by atoms with Crippen LogP contribution in [0.4, 0.5) is 22.0 Å². The molecular formula is C22H13F5N2O. The Bertz CT molecular complexity index is 1280. The second-order valence-electron chi connectivity index (χ2n) is 6.64. The Kier molecular flexibility index (Phi) is 4.57. The molecule has 8 heteroatoms. The standard InChI is InChI=1S/C22H13F5N2O/c23-19-16(13-6-7-14-12(10-13)8-9-29-14)15(11-4-2-1-3-5-11)17(21(28)30)20(24)18(19)22(25,26)27/h1-10,29H,(H2,28,30). The first kappa shape index (κ1) is 19.6. The van der Waals surface area contributed by atoms with E-state index in [1.165, 1.54) is 36.4 Å². The normalized spacial score (nSPS) is 11.8. The molecule has 4 rings (SSSR count). The van der Waals surface area contributed by atoms with Crippen LogP contribution < -0.4 is 5.73 Å². The van der Waals surface area contributed by atoms with E-state index >= 15 is 4.39 Å². The number of primary amides is 1. The van der Waals surface area contributed by atoms with Gasteiger partial charge in [-0.15, -0.1) is 0 Å². The maximum Gasteiger partial charge on any atom is 0.422 e. The fourth-order valence-electron chi connectivity index (χ4n) is 3.54. The van der Waals surface area contributed by atoms with Crippen LogP contribution in [-0.2, 0) is 6.18 Å². The van der Waals surface area contributed by atoms with E-state index in [0.29, 0.717) is 10.9 Å². The molecule has 0 spiro atoms. The zero-order chi connectivity index (χ0) is 21.6. The number of carbonyl (C=O) groups excluding carboxylic acids is 1. The van der Waals surface area contributed by atoms with Gasteiger partial charge in [-0.1, -0.05) is 36.4 Å². The molecule has 30 heavy (non-hydrogen) atoms. The average Bonchev–Trinajstić information content (AvgIpc) is 3.14. The average molecular weight is 416 g/mol. The summed E-state index contributed by atoms with van der Waals surface area (Å²) in [5.74, 6) is -5.27. The predicted octanol–water partition coefficient (Wildman–Crippen LogP) is 5.90. The van der Waals surface area contributed by atoms with Crippen LogP contribution in [0.2, 0.25) is 0 Å². The van der Waals surface area contributed by atoms with Gasteiger partial charge in [-0.25, -0.2) is 8.78 Å². The topological polar surface area (TPSA) is 58.9 Å². The van der Waals surface area contributed by atoms with Gasteiger partial charge in [-0.3, -0.25) is 4.79 Å². The van der Waals surface area contributed by atoms with Crippen molar-refractivity contribution in [3.05, 3.63) is 83.6 Å². The highest BCUT2D eigenvalue weighted by atomic mass is 19.4. The van der Waals surface area contributed by atoms with Crippen molar-refractivity contribution in [1.82, 2.24) is 4.98 Å². The van der Waals surface area contributed by atoms with E-state index in [0.717, 1.165) is 0 Å². The number of hydrogen-bond donors (Lipinski definition) is 2. The van der Waals surface area contributed by atoms with E-state index in [4.69, 9.17) is 5.73 Å². The first-order valence-corrected chi connectivity index (χ1v) is 8.75. The maximum absolute atomic E-state index is 15.3. The summed E-state index contributed by atoms with van der Waals surface area (Å²) in [5.41, 5.74) is 2.09. The van der Waals surface area contributed by atoms with Gasteiger partial charge in [0.05, 0.1) is 5.56 Å². The van der Waals surface area contributed by atoms with E-state index in [-0.39, 0.29) is 16.7 Å². The Hall–Kier alpha value is -3.68. The lowest BCUT2D eigenvalue weighted by Gasteiger charge is -2.20. The Morgan fingerprint density at radius 3 is 2.20 bits per heavy atom.